The fraction of sp³-hybridized carbons (Fsp3) is 0.833. The average molecular weight is 244 g/mol. The number of ether oxygens (including phenoxy) is 1. The summed E-state index contributed by atoms with van der Waals surface area (Å²) in [5.74, 6) is 0.0590. The predicted octanol–water partition coefficient (Wildman–Crippen LogP) is 1.63. The topological polar surface area (TPSA) is 58.6 Å². The quantitative estimate of drug-likeness (QED) is 0.692. The van der Waals surface area contributed by atoms with Gasteiger partial charge in [-0.25, -0.2) is 4.79 Å². The van der Waals surface area contributed by atoms with Gasteiger partial charge < -0.3 is 15.0 Å². The Balaban J connectivity index is 4.04. The van der Waals surface area contributed by atoms with E-state index in [4.69, 9.17) is 4.74 Å². The molecule has 0 heterocycles. The molecule has 0 radical (unpaired) electrons. The van der Waals surface area contributed by atoms with E-state index >= 15 is 0 Å². The van der Waals surface area contributed by atoms with Crippen molar-refractivity contribution < 1.29 is 14.3 Å². The number of hydrogen-bond acceptors (Lipinski definition) is 3. The Kier molecular flexibility index (Phi) is 8.19. The molecule has 0 saturated heterocycles. The lowest BCUT2D eigenvalue weighted by atomic mass is 10.1. The van der Waals surface area contributed by atoms with Crippen LogP contribution in [0.1, 0.15) is 34.1 Å². The molecule has 0 aromatic rings. The Morgan fingerprint density at radius 2 is 1.94 bits per heavy atom. The molecule has 0 aliphatic heterocycles. The lowest BCUT2D eigenvalue weighted by molar-refractivity contribution is -0.141. The smallest absolute Gasteiger partial charge is 0.325 e. The minimum absolute atomic E-state index is 0.0658. The number of carbonyl (C=O) groups excluding carboxylic acids is 2. The summed E-state index contributed by atoms with van der Waals surface area (Å²) < 4.78 is 4.74. The molecule has 1 unspecified atom stereocenters. The van der Waals surface area contributed by atoms with Crippen LogP contribution in [0.25, 0.3) is 0 Å². The first-order chi connectivity index (χ1) is 8.04. The summed E-state index contributed by atoms with van der Waals surface area (Å²) in [5, 5.41) is 2.56. The highest BCUT2D eigenvalue weighted by Crippen LogP contribution is 2.04. The summed E-state index contributed by atoms with van der Waals surface area (Å²) in [6, 6.07) is -0.208. The van der Waals surface area contributed by atoms with Crippen LogP contribution in [0.2, 0.25) is 0 Å². The molecule has 2 amide bonds. The third kappa shape index (κ3) is 6.81. The number of urea groups is 1. The fourth-order valence-corrected chi connectivity index (χ4v) is 1.33. The van der Waals surface area contributed by atoms with Crippen LogP contribution in [-0.4, -0.2) is 43.1 Å². The molecule has 17 heavy (non-hydrogen) atoms. The molecular formula is C12H24N2O3. The maximum absolute atomic E-state index is 11.7. The number of carbonyl (C=O) groups is 2. The van der Waals surface area contributed by atoms with Crippen molar-refractivity contribution in [1.82, 2.24) is 10.2 Å². The van der Waals surface area contributed by atoms with Crippen molar-refractivity contribution in [2.45, 2.75) is 34.1 Å². The molecule has 0 aliphatic carbocycles. The highest BCUT2D eigenvalue weighted by atomic mass is 16.5. The molecule has 1 atom stereocenters. The number of hydrogen-bond donors (Lipinski definition) is 1. The van der Waals surface area contributed by atoms with Gasteiger partial charge in [0.1, 0.15) is 6.54 Å². The van der Waals surface area contributed by atoms with Gasteiger partial charge in [-0.3, -0.25) is 4.79 Å². The van der Waals surface area contributed by atoms with E-state index in [9.17, 15) is 9.59 Å². The van der Waals surface area contributed by atoms with Gasteiger partial charge >= 0.3 is 12.0 Å². The van der Waals surface area contributed by atoms with Crippen molar-refractivity contribution in [3.8, 4) is 0 Å². The van der Waals surface area contributed by atoms with Crippen molar-refractivity contribution in [3.63, 3.8) is 0 Å². The first-order valence-electron chi connectivity index (χ1n) is 6.23. The Hall–Kier alpha value is -1.26. The average Bonchev–Trinajstić information content (AvgIpc) is 2.32. The van der Waals surface area contributed by atoms with E-state index in [1.165, 1.54) is 0 Å². The minimum Gasteiger partial charge on any atom is -0.465 e. The van der Waals surface area contributed by atoms with Gasteiger partial charge in [-0.1, -0.05) is 20.3 Å². The fourth-order valence-electron chi connectivity index (χ4n) is 1.33. The zero-order chi connectivity index (χ0) is 13.3. The van der Waals surface area contributed by atoms with Gasteiger partial charge in [0.25, 0.3) is 0 Å². The largest absolute Gasteiger partial charge is 0.465 e. The standard InChI is InChI=1S/C12H24N2O3/c1-5-10(4)9-14(6-2)12(16)13-8-11(15)17-7-3/h10H,5-9H2,1-4H3,(H,13,16). The zero-order valence-corrected chi connectivity index (χ0v) is 11.3. The molecule has 100 valence electrons. The minimum atomic E-state index is -0.402. The summed E-state index contributed by atoms with van der Waals surface area (Å²) in [6.07, 6.45) is 1.03. The molecule has 5 nitrogen and oxygen atoms in total. The highest BCUT2D eigenvalue weighted by Gasteiger charge is 2.14. The Morgan fingerprint density at radius 1 is 1.29 bits per heavy atom. The molecule has 0 aromatic heterocycles. The van der Waals surface area contributed by atoms with Gasteiger partial charge in [0.05, 0.1) is 6.61 Å². The van der Waals surface area contributed by atoms with E-state index in [0.717, 1.165) is 6.42 Å². The lowest BCUT2D eigenvalue weighted by Gasteiger charge is -2.24. The molecule has 1 N–H and O–H groups in total. The van der Waals surface area contributed by atoms with Crippen molar-refractivity contribution in [2.24, 2.45) is 5.92 Å². The van der Waals surface area contributed by atoms with Gasteiger partial charge in [-0.15, -0.1) is 0 Å². The Bertz CT molecular complexity index is 244. The molecule has 0 bridgehead atoms. The summed E-state index contributed by atoms with van der Waals surface area (Å²) in [5.41, 5.74) is 0. The van der Waals surface area contributed by atoms with Gasteiger partial charge in [0.15, 0.2) is 0 Å². The predicted molar refractivity (Wildman–Crippen MR) is 66.7 cm³/mol. The maximum Gasteiger partial charge on any atom is 0.325 e. The van der Waals surface area contributed by atoms with E-state index in [1.807, 2.05) is 6.92 Å². The van der Waals surface area contributed by atoms with Crippen LogP contribution in [0, 0.1) is 5.92 Å². The van der Waals surface area contributed by atoms with Crippen molar-refractivity contribution in [1.29, 1.82) is 0 Å². The molecule has 5 heteroatoms. The number of nitrogens with zero attached hydrogens (tertiary/aromatic N) is 1. The van der Waals surface area contributed by atoms with Crippen LogP contribution < -0.4 is 5.32 Å². The maximum atomic E-state index is 11.7. The second-order valence-corrected chi connectivity index (χ2v) is 4.02. The Labute approximate surface area is 103 Å². The van der Waals surface area contributed by atoms with E-state index < -0.39 is 5.97 Å². The van der Waals surface area contributed by atoms with Crippen LogP contribution in [-0.2, 0) is 9.53 Å². The van der Waals surface area contributed by atoms with E-state index in [-0.39, 0.29) is 12.6 Å². The van der Waals surface area contributed by atoms with Gasteiger partial charge in [-0.05, 0) is 19.8 Å². The van der Waals surface area contributed by atoms with Crippen LogP contribution >= 0.6 is 0 Å². The van der Waals surface area contributed by atoms with Crippen LogP contribution in [0.4, 0.5) is 4.79 Å². The summed E-state index contributed by atoms with van der Waals surface area (Å²) in [6.45, 7) is 9.47. The van der Waals surface area contributed by atoms with Crippen molar-refractivity contribution in [3.05, 3.63) is 0 Å². The number of nitrogens with one attached hydrogen (secondary N) is 1. The number of esters is 1. The molecule has 0 fully saturated rings. The van der Waals surface area contributed by atoms with Crippen LogP contribution in [0.3, 0.4) is 0 Å². The molecule has 0 saturated carbocycles. The van der Waals surface area contributed by atoms with Gasteiger partial charge in [0.2, 0.25) is 0 Å². The molecule has 0 rings (SSSR count). The second-order valence-electron chi connectivity index (χ2n) is 4.02. The monoisotopic (exact) mass is 244 g/mol. The van der Waals surface area contributed by atoms with Gasteiger partial charge in [0, 0.05) is 13.1 Å². The third-order valence-corrected chi connectivity index (χ3v) is 2.59. The molecule has 0 aromatic carbocycles. The van der Waals surface area contributed by atoms with Crippen LogP contribution in [0.15, 0.2) is 0 Å². The number of amides is 2. The molecular weight excluding hydrogens is 220 g/mol. The summed E-state index contributed by atoms with van der Waals surface area (Å²) in [7, 11) is 0. The van der Waals surface area contributed by atoms with E-state index in [1.54, 1.807) is 11.8 Å². The normalized spacial score (nSPS) is 11.8. The molecule has 0 spiro atoms. The van der Waals surface area contributed by atoms with E-state index in [0.29, 0.717) is 25.6 Å². The first-order valence-corrected chi connectivity index (χ1v) is 6.23. The van der Waals surface area contributed by atoms with E-state index in [2.05, 4.69) is 19.2 Å². The summed E-state index contributed by atoms with van der Waals surface area (Å²) >= 11 is 0. The Morgan fingerprint density at radius 3 is 2.41 bits per heavy atom. The first kappa shape index (κ1) is 15.7. The van der Waals surface area contributed by atoms with Crippen molar-refractivity contribution in [2.75, 3.05) is 26.2 Å². The van der Waals surface area contributed by atoms with Crippen LogP contribution in [0.5, 0.6) is 0 Å². The number of rotatable bonds is 7. The second kappa shape index (κ2) is 8.84. The summed E-state index contributed by atoms with van der Waals surface area (Å²) in [4.78, 5) is 24.5. The third-order valence-electron chi connectivity index (χ3n) is 2.59. The SMILES string of the molecule is CCOC(=O)CNC(=O)N(CC)CC(C)CC. The van der Waals surface area contributed by atoms with Crippen molar-refractivity contribution >= 4 is 12.0 Å². The lowest BCUT2D eigenvalue weighted by Crippen LogP contribution is -2.44. The van der Waals surface area contributed by atoms with Gasteiger partial charge in [-0.2, -0.15) is 0 Å². The zero-order valence-electron chi connectivity index (χ0n) is 11.3. The highest BCUT2D eigenvalue weighted by molar-refractivity contribution is 5.80. The molecule has 0 aliphatic rings.